The van der Waals surface area contributed by atoms with Crippen LogP contribution in [0.5, 0.6) is 0 Å². The van der Waals surface area contributed by atoms with Crippen molar-refractivity contribution >= 4 is 65.0 Å². The molecule has 1 aliphatic heterocycles. The molecular formula is C65H115N11O14. The first-order valence-corrected chi connectivity index (χ1v) is 31.8. The van der Waals surface area contributed by atoms with Gasteiger partial charge in [-0.25, -0.2) is 0 Å². The van der Waals surface area contributed by atoms with E-state index in [-0.39, 0.29) is 56.5 Å². The molecule has 0 aliphatic carbocycles. The van der Waals surface area contributed by atoms with E-state index >= 15 is 19.2 Å². The van der Waals surface area contributed by atoms with Gasteiger partial charge in [0.25, 0.3) is 5.91 Å². The number of amides is 11. The minimum Gasteiger partial charge on any atom is -0.390 e. The number of carbonyl (C=O) groups excluding carboxylic acids is 11. The summed E-state index contributed by atoms with van der Waals surface area (Å²) in [4.78, 5) is 170. The molecule has 0 aromatic rings. The van der Waals surface area contributed by atoms with E-state index in [0.717, 1.165) is 14.7 Å². The lowest BCUT2D eigenvalue weighted by Gasteiger charge is -2.41. The summed E-state index contributed by atoms with van der Waals surface area (Å²) in [5.74, 6) is -11.0. The van der Waals surface area contributed by atoms with E-state index in [0.29, 0.717) is 0 Å². The Hall–Kier alpha value is -6.47. The number of hydrogen-bond acceptors (Lipinski definition) is 14. The minimum absolute atomic E-state index is 0.0887. The predicted molar refractivity (Wildman–Crippen MR) is 345 cm³/mol. The first-order valence-electron chi connectivity index (χ1n) is 31.8. The van der Waals surface area contributed by atoms with Crippen LogP contribution in [0.2, 0.25) is 0 Å². The van der Waals surface area contributed by atoms with Gasteiger partial charge in [-0.15, -0.1) is 6.58 Å². The molecule has 1 unspecified atom stereocenters. The van der Waals surface area contributed by atoms with Gasteiger partial charge in [-0.2, -0.15) is 0 Å². The van der Waals surface area contributed by atoms with Gasteiger partial charge in [0.05, 0.1) is 18.3 Å². The van der Waals surface area contributed by atoms with Crippen molar-refractivity contribution in [2.24, 2.45) is 35.5 Å². The molecule has 0 saturated carbocycles. The molecule has 1 saturated heterocycles. The SMILES string of the molecule is C=CCOC1C(=O)N(C)[C@@H](CC(C)(C)O)C(=O)N[C@@H](C(C)C)C(=O)N(C)[C@@H](CC(C)C)C(=O)N[C@@H](C)C(=O)N[C@H](C)C(=O)N(C)[C@@H](CC(C)C)C(=O)N(C)[C@@H](CC(C)C)C(=O)N(C)[C@@H](C(C)C)C(=O)N(C)[C@@H]([C@H](O)[C@H](C)C/C=C/C)C(=O)N[C@@H](CC)C(=O)N1C. The molecule has 0 spiro atoms. The van der Waals surface area contributed by atoms with E-state index in [2.05, 4.69) is 27.8 Å². The molecule has 1 rings (SSSR count). The first-order chi connectivity index (χ1) is 41.5. The van der Waals surface area contributed by atoms with Crippen molar-refractivity contribution < 1.29 is 67.7 Å². The van der Waals surface area contributed by atoms with Gasteiger partial charge in [-0.3, -0.25) is 52.7 Å². The Bertz CT molecular complexity index is 2500. The fourth-order valence-electron chi connectivity index (χ4n) is 11.0. The van der Waals surface area contributed by atoms with Crippen molar-refractivity contribution in [1.29, 1.82) is 0 Å². The Morgan fingerprint density at radius 2 is 0.967 bits per heavy atom. The van der Waals surface area contributed by atoms with Gasteiger partial charge in [0.2, 0.25) is 65.3 Å². The topological polar surface area (TPSA) is 308 Å². The second-order valence-electron chi connectivity index (χ2n) is 27.2. The summed E-state index contributed by atoms with van der Waals surface area (Å²) in [5, 5.41) is 34.3. The van der Waals surface area contributed by atoms with Crippen LogP contribution in [-0.2, 0) is 57.5 Å². The van der Waals surface area contributed by atoms with Gasteiger partial charge in [0, 0.05) is 55.8 Å². The third-order valence-electron chi connectivity index (χ3n) is 16.6. The number of allylic oxidation sites excluding steroid dienone is 2. The van der Waals surface area contributed by atoms with E-state index in [1.165, 1.54) is 103 Å². The van der Waals surface area contributed by atoms with Crippen molar-refractivity contribution in [3.63, 3.8) is 0 Å². The van der Waals surface area contributed by atoms with E-state index in [9.17, 15) is 43.8 Å². The fourth-order valence-corrected chi connectivity index (χ4v) is 11.0. The van der Waals surface area contributed by atoms with Crippen LogP contribution in [0.25, 0.3) is 0 Å². The molecule has 90 heavy (non-hydrogen) atoms. The quantitative estimate of drug-likeness (QED) is 0.108. The van der Waals surface area contributed by atoms with Gasteiger partial charge in [-0.1, -0.05) is 101 Å². The molecule has 25 nitrogen and oxygen atoms in total. The Morgan fingerprint density at radius 3 is 1.42 bits per heavy atom. The van der Waals surface area contributed by atoms with Gasteiger partial charge in [0.15, 0.2) is 0 Å². The average molecular weight is 1270 g/mol. The Morgan fingerprint density at radius 1 is 0.522 bits per heavy atom. The summed E-state index contributed by atoms with van der Waals surface area (Å²) in [6.07, 6.45) is 1.64. The second-order valence-corrected chi connectivity index (χ2v) is 27.2. The predicted octanol–water partition coefficient (Wildman–Crippen LogP) is 2.91. The van der Waals surface area contributed by atoms with Gasteiger partial charge < -0.3 is 70.5 Å². The maximum absolute atomic E-state index is 15.3. The molecule has 0 aromatic carbocycles. The highest BCUT2D eigenvalue weighted by molar-refractivity contribution is 6.00. The van der Waals surface area contributed by atoms with Crippen LogP contribution in [0.1, 0.15) is 156 Å². The van der Waals surface area contributed by atoms with E-state index in [1.54, 1.807) is 60.6 Å². The maximum atomic E-state index is 15.3. The molecule has 0 bridgehead atoms. The lowest BCUT2D eigenvalue weighted by molar-refractivity contribution is -0.167. The second kappa shape index (κ2) is 36.5. The highest BCUT2D eigenvalue weighted by Gasteiger charge is 2.47. The smallest absolute Gasteiger partial charge is 0.273 e. The van der Waals surface area contributed by atoms with Gasteiger partial charge in [0.1, 0.15) is 60.4 Å². The third kappa shape index (κ3) is 22.7. The first kappa shape index (κ1) is 81.5. The number of rotatable bonds is 18. The molecule has 1 aliphatic rings. The summed E-state index contributed by atoms with van der Waals surface area (Å²) in [6, 6.07) is -13.4. The molecule has 0 aromatic heterocycles. The lowest BCUT2D eigenvalue weighted by atomic mass is 9.91. The number of ether oxygens (including phenoxy) is 1. The van der Waals surface area contributed by atoms with Crippen molar-refractivity contribution in [2.45, 2.75) is 235 Å². The highest BCUT2D eigenvalue weighted by atomic mass is 16.5. The molecular weight excluding hydrogens is 1160 g/mol. The molecule has 25 heteroatoms. The monoisotopic (exact) mass is 1270 g/mol. The number of carbonyl (C=O) groups is 11. The molecule has 0 radical (unpaired) electrons. The Labute approximate surface area is 537 Å². The van der Waals surface area contributed by atoms with Crippen LogP contribution in [0, 0.1) is 35.5 Å². The summed E-state index contributed by atoms with van der Waals surface area (Å²) in [6.45, 7) is 31.9. The van der Waals surface area contributed by atoms with Crippen molar-refractivity contribution in [3.8, 4) is 0 Å². The van der Waals surface area contributed by atoms with Crippen LogP contribution in [-0.4, -0.2) is 244 Å². The summed E-state index contributed by atoms with van der Waals surface area (Å²) in [7, 11) is 9.50. The van der Waals surface area contributed by atoms with E-state index in [4.69, 9.17) is 4.74 Å². The number of nitrogens with one attached hydrogen (secondary N) is 4. The normalized spacial score (nSPS) is 27.0. The van der Waals surface area contributed by atoms with Gasteiger partial charge in [-0.05, 0) is 102 Å². The van der Waals surface area contributed by atoms with E-state index in [1.807, 2.05) is 41.5 Å². The zero-order valence-corrected chi connectivity index (χ0v) is 58.7. The van der Waals surface area contributed by atoms with Gasteiger partial charge >= 0.3 is 0 Å². The van der Waals surface area contributed by atoms with Crippen molar-refractivity contribution in [2.75, 3.05) is 55.9 Å². The fraction of sp³-hybridized carbons (Fsp3) is 0.769. The largest absolute Gasteiger partial charge is 0.390 e. The summed E-state index contributed by atoms with van der Waals surface area (Å²) in [5.41, 5.74) is -1.62. The molecule has 6 N–H and O–H groups in total. The number of likely N-dealkylation sites (N-methyl/N-ethyl adjacent to an activating group) is 7. The Balaban J connectivity index is 4.51. The van der Waals surface area contributed by atoms with Crippen LogP contribution in [0.4, 0.5) is 0 Å². The average Bonchev–Trinajstić information content (AvgIpc) is 0.845. The lowest BCUT2D eigenvalue weighted by Crippen LogP contribution is -2.64. The van der Waals surface area contributed by atoms with Crippen molar-refractivity contribution in [1.82, 2.24) is 55.6 Å². The number of aliphatic hydroxyl groups excluding tert-OH is 1. The number of nitrogens with zero attached hydrogens (tertiary/aromatic N) is 7. The zero-order chi connectivity index (χ0) is 69.9. The number of hydrogen-bond donors (Lipinski definition) is 6. The van der Waals surface area contributed by atoms with Crippen LogP contribution in [0.3, 0.4) is 0 Å². The zero-order valence-electron chi connectivity index (χ0n) is 58.7. The highest BCUT2D eigenvalue weighted by Crippen LogP contribution is 2.26. The number of aliphatic hydroxyl groups is 2. The van der Waals surface area contributed by atoms with Crippen LogP contribution < -0.4 is 21.3 Å². The summed E-state index contributed by atoms with van der Waals surface area (Å²) < 4.78 is 5.96. The molecule has 1 fully saturated rings. The Kier molecular flexibility index (Phi) is 33.1. The van der Waals surface area contributed by atoms with Crippen LogP contribution >= 0.6 is 0 Å². The minimum atomic E-state index is -1.80. The molecule has 514 valence electrons. The molecule has 1 heterocycles. The molecule has 13 atom stereocenters. The van der Waals surface area contributed by atoms with E-state index < -0.39 is 168 Å². The summed E-state index contributed by atoms with van der Waals surface area (Å²) >= 11 is 0. The van der Waals surface area contributed by atoms with Crippen LogP contribution in [0.15, 0.2) is 24.8 Å². The standard InChI is InChI=1S/C65H115N11O14/c1-26-29-30-41(14)52(77)51-56(81)68-44(28-3)58(83)76(25)64(90-31-27-2)63(88)73(22)48(35-65(17,18)89)55(80)69-49(39(10)11)61(86)70(19)45(32-36(4)5)54(79)66-42(15)53(78)67-43(16)57(82)71(20)46(33-37(6)7)59(84)72(21)47(34-38(8)9)60(85)74(23)50(40(12)13)62(87)75(51)24/h26-27,29,36-52,64,77,89H,2,28,30-35H2,1,3-25H3,(H,66,79)(H,67,78)(H,68,81)(H,69,80)/b29-26+/t41-,42+,43-,44+,45+,46+,47+,48+,49+,50+,51+,52-,64?/m1/s1. The maximum Gasteiger partial charge on any atom is 0.273 e. The third-order valence-corrected chi connectivity index (χ3v) is 16.6. The molecule has 11 amide bonds. The van der Waals surface area contributed by atoms with Crippen molar-refractivity contribution in [3.05, 3.63) is 24.8 Å².